The van der Waals surface area contributed by atoms with Crippen LogP contribution >= 0.6 is 0 Å². The summed E-state index contributed by atoms with van der Waals surface area (Å²) in [4.78, 5) is 69.7. The number of nitrogens with zero attached hydrogens (tertiary/aromatic N) is 6. The Balaban J connectivity index is 0.822. The number of nitriles is 1. The van der Waals surface area contributed by atoms with Gasteiger partial charge in [-0.3, -0.25) is 39.1 Å². The van der Waals surface area contributed by atoms with Crippen molar-refractivity contribution >= 4 is 35.4 Å². The molecule has 1 saturated carbocycles. The van der Waals surface area contributed by atoms with Crippen LogP contribution in [0.2, 0.25) is 0 Å². The van der Waals surface area contributed by atoms with Crippen molar-refractivity contribution in [3.8, 4) is 11.8 Å². The molecule has 3 aromatic rings. The zero-order chi connectivity index (χ0) is 40.4. The van der Waals surface area contributed by atoms with Crippen molar-refractivity contribution < 1.29 is 28.7 Å². The van der Waals surface area contributed by atoms with Crippen molar-refractivity contribution in [1.29, 1.82) is 5.26 Å². The Labute approximate surface area is 331 Å². The second-order valence-electron chi connectivity index (χ2n) is 17.3. The third-order valence-electron chi connectivity index (χ3n) is 12.8. The molecule has 2 aromatic carbocycles. The third-order valence-corrected chi connectivity index (χ3v) is 12.8. The summed E-state index contributed by atoms with van der Waals surface area (Å²) in [7, 11) is 0. The number of carbonyl (C=O) groups is 5. The van der Waals surface area contributed by atoms with Gasteiger partial charge in [0.2, 0.25) is 11.8 Å². The number of benzene rings is 2. The van der Waals surface area contributed by atoms with E-state index in [4.69, 9.17) is 4.74 Å². The molecule has 57 heavy (non-hydrogen) atoms. The van der Waals surface area contributed by atoms with E-state index in [9.17, 15) is 29.2 Å². The lowest BCUT2D eigenvalue weighted by Crippen LogP contribution is -2.74. The van der Waals surface area contributed by atoms with Crippen molar-refractivity contribution in [3.05, 3.63) is 81.5 Å². The number of amides is 5. The fourth-order valence-electron chi connectivity index (χ4n) is 10.1. The van der Waals surface area contributed by atoms with Gasteiger partial charge in [-0.2, -0.15) is 5.26 Å². The van der Waals surface area contributed by atoms with Gasteiger partial charge in [-0.15, -0.1) is 10.2 Å². The quantitative estimate of drug-likeness (QED) is 0.299. The van der Waals surface area contributed by atoms with Gasteiger partial charge in [0, 0.05) is 56.0 Å². The minimum absolute atomic E-state index is 0.0897. The number of nitrogens with one attached hydrogen (secondary N) is 2. The molecule has 1 aliphatic carbocycles. The lowest BCUT2D eigenvalue weighted by atomic mass is 9.49. The lowest BCUT2D eigenvalue weighted by molar-refractivity contribution is -0.164. The van der Waals surface area contributed by atoms with Gasteiger partial charge in [0.05, 0.1) is 22.8 Å². The van der Waals surface area contributed by atoms with Crippen molar-refractivity contribution in [2.45, 2.75) is 98.0 Å². The summed E-state index contributed by atoms with van der Waals surface area (Å²) in [5, 5.41) is 23.6. The maximum absolute atomic E-state index is 13.4. The van der Waals surface area contributed by atoms with Gasteiger partial charge in [0.1, 0.15) is 17.9 Å². The summed E-state index contributed by atoms with van der Waals surface area (Å²) in [6, 6.07) is 13.9. The predicted molar refractivity (Wildman–Crippen MR) is 208 cm³/mol. The van der Waals surface area contributed by atoms with Crippen molar-refractivity contribution in [1.82, 2.24) is 30.6 Å². The zero-order valence-corrected chi connectivity index (χ0v) is 33.1. The summed E-state index contributed by atoms with van der Waals surface area (Å²) in [5.41, 5.74) is 3.80. The highest BCUT2D eigenvalue weighted by Crippen LogP contribution is 2.55. The van der Waals surface area contributed by atoms with E-state index in [0.29, 0.717) is 35.7 Å². The van der Waals surface area contributed by atoms with E-state index in [1.54, 1.807) is 12.1 Å². The summed E-state index contributed by atoms with van der Waals surface area (Å²) in [6.45, 7) is 14.2. The molecule has 8 rings (SSSR count). The average molecular weight is 773 g/mol. The Morgan fingerprint density at radius 3 is 2.18 bits per heavy atom. The predicted octanol–water partition coefficient (Wildman–Crippen LogP) is 4.16. The van der Waals surface area contributed by atoms with E-state index in [1.165, 1.54) is 0 Å². The van der Waals surface area contributed by atoms with Crippen LogP contribution in [0.5, 0.6) is 5.75 Å². The fourth-order valence-corrected chi connectivity index (χ4v) is 10.1. The van der Waals surface area contributed by atoms with Gasteiger partial charge in [-0.25, -0.2) is 0 Å². The van der Waals surface area contributed by atoms with E-state index in [1.807, 2.05) is 37.3 Å². The molecule has 296 valence electrons. The highest BCUT2D eigenvalue weighted by atomic mass is 16.5. The fraction of sp³-hybridized carbons (Fsp3) is 0.488. The number of fused-ring (bicyclic) bond motifs is 2. The van der Waals surface area contributed by atoms with Crippen LogP contribution in [0.15, 0.2) is 42.5 Å². The molecular weight excluding hydrogens is 725 g/mol. The molecule has 14 heteroatoms. The summed E-state index contributed by atoms with van der Waals surface area (Å²) < 4.78 is 6.49. The monoisotopic (exact) mass is 772 g/mol. The van der Waals surface area contributed by atoms with Crippen LogP contribution < -0.4 is 20.3 Å². The maximum Gasteiger partial charge on any atom is 0.272 e. The Hall–Kier alpha value is -5.68. The molecule has 5 heterocycles. The van der Waals surface area contributed by atoms with Gasteiger partial charge in [-0.05, 0) is 90.8 Å². The highest BCUT2D eigenvalue weighted by molar-refractivity contribution is 6.23. The van der Waals surface area contributed by atoms with E-state index in [2.05, 4.69) is 64.4 Å². The number of hydrogen-bond acceptors (Lipinski definition) is 11. The first-order valence-corrected chi connectivity index (χ1v) is 19.9. The molecule has 0 spiro atoms. The average Bonchev–Trinajstić information content (AvgIpc) is 3.70. The SMILES string of the molecule is CCc1cc(OC2C(C)(C)C(NC(=O)c3ccc(N4CCC(CN5Cc6cc7c(cc6C5)C(=O)N(C5CCC(=O)NC5=O)C7=O)CC4)nn3)C2(C)C)ccc1C#N. The lowest BCUT2D eigenvalue weighted by Gasteiger charge is -2.63. The number of piperidine rings is 2. The van der Waals surface area contributed by atoms with Crippen LogP contribution in [-0.4, -0.2) is 87.4 Å². The molecule has 1 unspecified atom stereocenters. The molecule has 0 bridgehead atoms. The molecule has 2 saturated heterocycles. The molecule has 3 fully saturated rings. The second-order valence-corrected chi connectivity index (χ2v) is 17.3. The number of carbonyl (C=O) groups excluding carboxylic acids is 5. The van der Waals surface area contributed by atoms with Gasteiger partial charge < -0.3 is 15.0 Å². The molecular formula is C43H48N8O6. The molecule has 0 radical (unpaired) electrons. The van der Waals surface area contributed by atoms with Gasteiger partial charge >= 0.3 is 0 Å². The first-order valence-electron chi connectivity index (χ1n) is 19.9. The van der Waals surface area contributed by atoms with Gasteiger partial charge in [0.25, 0.3) is 17.7 Å². The Morgan fingerprint density at radius 2 is 1.60 bits per heavy atom. The van der Waals surface area contributed by atoms with Crippen LogP contribution in [0.25, 0.3) is 0 Å². The van der Waals surface area contributed by atoms with Gasteiger partial charge in [0.15, 0.2) is 11.5 Å². The van der Waals surface area contributed by atoms with E-state index >= 15 is 0 Å². The number of aryl methyl sites for hydroxylation is 1. The molecule has 4 aliphatic heterocycles. The standard InChI is InChI=1S/C43H48N8O6/c1-6-25-17-29(8-7-26(25)20-44)57-41-42(2,3)40(43(41,4)5)46-36(53)32-9-11-34(48-47-32)50-15-13-24(14-16-50)21-49-22-27-18-30-31(19-28(27)23-49)39(56)51(38(30)55)33-10-12-35(52)45-37(33)54/h7-9,11,17-19,24,33,40-41H,6,10,12-16,21-23H2,1-5H3,(H,46,53)(H,45,52,54). The number of ether oxygens (including phenoxy) is 1. The normalized spacial score (nSPS) is 24.0. The molecule has 2 N–H and O–H groups in total. The van der Waals surface area contributed by atoms with Crippen LogP contribution in [0.3, 0.4) is 0 Å². The number of rotatable bonds is 9. The maximum atomic E-state index is 13.4. The first kappa shape index (κ1) is 38.2. The van der Waals surface area contributed by atoms with Crippen LogP contribution in [0.1, 0.15) is 114 Å². The summed E-state index contributed by atoms with van der Waals surface area (Å²) in [6.07, 6.45) is 2.72. The largest absolute Gasteiger partial charge is 0.489 e. The van der Waals surface area contributed by atoms with E-state index < -0.39 is 29.7 Å². The summed E-state index contributed by atoms with van der Waals surface area (Å²) >= 11 is 0. The summed E-state index contributed by atoms with van der Waals surface area (Å²) in [5.74, 6) is -0.324. The molecule has 5 aliphatic rings. The minimum atomic E-state index is -0.972. The van der Waals surface area contributed by atoms with E-state index in [0.717, 1.165) is 72.1 Å². The number of anilines is 1. The smallest absolute Gasteiger partial charge is 0.272 e. The number of aromatic nitrogens is 2. The number of hydrogen-bond donors (Lipinski definition) is 2. The highest BCUT2D eigenvalue weighted by Gasteiger charge is 2.64. The minimum Gasteiger partial charge on any atom is -0.489 e. The van der Waals surface area contributed by atoms with Gasteiger partial charge in [-0.1, -0.05) is 34.6 Å². The number of imide groups is 2. The first-order chi connectivity index (χ1) is 27.2. The van der Waals surface area contributed by atoms with Crippen molar-refractivity contribution in [2.75, 3.05) is 24.5 Å². The van der Waals surface area contributed by atoms with E-state index in [-0.39, 0.29) is 47.4 Å². The van der Waals surface area contributed by atoms with Crippen LogP contribution in [0.4, 0.5) is 5.82 Å². The molecule has 1 aromatic heterocycles. The van der Waals surface area contributed by atoms with Crippen molar-refractivity contribution in [3.63, 3.8) is 0 Å². The van der Waals surface area contributed by atoms with Crippen LogP contribution in [-0.2, 0) is 29.1 Å². The third kappa shape index (κ3) is 6.71. The Morgan fingerprint density at radius 1 is 0.930 bits per heavy atom. The zero-order valence-electron chi connectivity index (χ0n) is 33.1. The topological polar surface area (TPSA) is 178 Å². The Kier molecular flexibility index (Phi) is 9.63. The van der Waals surface area contributed by atoms with Crippen LogP contribution in [0, 0.1) is 28.1 Å². The molecule has 5 amide bonds. The Bertz CT molecular complexity index is 2160. The molecule has 1 atom stereocenters. The van der Waals surface area contributed by atoms with Crippen molar-refractivity contribution in [2.24, 2.45) is 16.7 Å². The second kappa shape index (κ2) is 14.4. The molecule has 14 nitrogen and oxygen atoms in total.